The van der Waals surface area contributed by atoms with Crippen LogP contribution >= 0.6 is 12.4 Å². The molecule has 3 nitrogen and oxygen atoms in total. The molecule has 0 aromatic heterocycles. The minimum absolute atomic E-state index is 0. The highest BCUT2D eigenvalue weighted by Gasteiger charge is 2.16. The first-order valence-electron chi connectivity index (χ1n) is 10.3. The fourth-order valence-electron chi connectivity index (χ4n) is 3.44. The first-order chi connectivity index (χ1) is 14.1. The molecule has 160 valence electrons. The van der Waals surface area contributed by atoms with Crippen molar-refractivity contribution in [1.29, 1.82) is 0 Å². The minimum atomic E-state index is -0.496. The van der Waals surface area contributed by atoms with E-state index in [0.29, 0.717) is 19.2 Å². The van der Waals surface area contributed by atoms with E-state index >= 15 is 0 Å². The Morgan fingerprint density at radius 3 is 2.10 bits per heavy atom. The number of rotatable bonds is 10. The van der Waals surface area contributed by atoms with Crippen molar-refractivity contribution in [2.75, 3.05) is 19.7 Å². The van der Waals surface area contributed by atoms with Crippen LogP contribution in [-0.2, 0) is 6.42 Å². The van der Waals surface area contributed by atoms with Crippen molar-refractivity contribution in [3.8, 4) is 5.75 Å². The van der Waals surface area contributed by atoms with Crippen molar-refractivity contribution in [3.05, 3.63) is 102 Å². The average Bonchev–Trinajstić information content (AvgIpc) is 2.75. The van der Waals surface area contributed by atoms with Crippen LogP contribution in [0.5, 0.6) is 5.75 Å². The summed E-state index contributed by atoms with van der Waals surface area (Å²) in [6.07, 6.45) is 0.362. The molecule has 0 saturated heterocycles. The summed E-state index contributed by atoms with van der Waals surface area (Å²) in [5, 5.41) is 10.6. The van der Waals surface area contributed by atoms with Crippen molar-refractivity contribution in [2.24, 2.45) is 0 Å². The van der Waals surface area contributed by atoms with Gasteiger partial charge in [-0.1, -0.05) is 78.9 Å². The van der Waals surface area contributed by atoms with Gasteiger partial charge in [-0.25, -0.2) is 0 Å². The Labute approximate surface area is 186 Å². The largest absolute Gasteiger partial charge is 0.492 e. The van der Waals surface area contributed by atoms with E-state index in [1.165, 1.54) is 11.1 Å². The fraction of sp³-hybridized carbons (Fsp3) is 0.308. The van der Waals surface area contributed by atoms with Crippen molar-refractivity contribution in [3.63, 3.8) is 0 Å². The molecule has 0 spiro atoms. The van der Waals surface area contributed by atoms with Gasteiger partial charge in [0.15, 0.2) is 0 Å². The van der Waals surface area contributed by atoms with Gasteiger partial charge >= 0.3 is 0 Å². The fourth-order valence-corrected chi connectivity index (χ4v) is 3.44. The van der Waals surface area contributed by atoms with E-state index in [9.17, 15) is 5.11 Å². The van der Waals surface area contributed by atoms with E-state index in [1.54, 1.807) is 0 Å². The summed E-state index contributed by atoms with van der Waals surface area (Å²) in [7, 11) is 0. The van der Waals surface area contributed by atoms with Gasteiger partial charge in [0.2, 0.25) is 0 Å². The van der Waals surface area contributed by atoms with Crippen LogP contribution in [0.3, 0.4) is 0 Å². The summed E-state index contributed by atoms with van der Waals surface area (Å²) in [6.45, 7) is 6.26. The molecule has 3 aromatic carbocycles. The Morgan fingerprint density at radius 2 is 1.43 bits per heavy atom. The number of hydrogen-bond donors (Lipinski definition) is 1. The molecule has 3 rings (SSSR count). The van der Waals surface area contributed by atoms with Gasteiger partial charge in [-0.2, -0.15) is 0 Å². The first-order valence-corrected chi connectivity index (χ1v) is 10.3. The Kier molecular flexibility index (Phi) is 9.88. The number of aliphatic hydroxyl groups is 1. The third kappa shape index (κ3) is 7.17. The van der Waals surface area contributed by atoms with Crippen LogP contribution in [0, 0.1) is 0 Å². The number of para-hydroxylation sites is 1. The predicted octanol–water partition coefficient (Wildman–Crippen LogP) is 5.52. The van der Waals surface area contributed by atoms with Crippen LogP contribution < -0.4 is 4.74 Å². The highest BCUT2D eigenvalue weighted by Crippen LogP contribution is 2.22. The highest BCUT2D eigenvalue weighted by atomic mass is 35.5. The second-order valence-corrected chi connectivity index (χ2v) is 7.63. The van der Waals surface area contributed by atoms with Crippen molar-refractivity contribution in [1.82, 2.24) is 4.90 Å². The second kappa shape index (κ2) is 12.4. The van der Waals surface area contributed by atoms with Crippen LogP contribution in [0.1, 0.15) is 36.6 Å². The number of halogens is 1. The van der Waals surface area contributed by atoms with Crippen molar-refractivity contribution in [2.45, 2.75) is 32.4 Å². The van der Waals surface area contributed by atoms with Crippen LogP contribution in [0.25, 0.3) is 0 Å². The molecular formula is C26H32ClNO2. The Morgan fingerprint density at radius 1 is 0.833 bits per heavy atom. The molecule has 1 atom stereocenters. The van der Waals surface area contributed by atoms with Gasteiger partial charge < -0.3 is 9.84 Å². The van der Waals surface area contributed by atoms with E-state index < -0.39 is 6.10 Å². The van der Waals surface area contributed by atoms with E-state index in [4.69, 9.17) is 4.74 Å². The third-order valence-electron chi connectivity index (χ3n) is 5.17. The van der Waals surface area contributed by atoms with Crippen LogP contribution in [0.4, 0.5) is 0 Å². The topological polar surface area (TPSA) is 32.7 Å². The van der Waals surface area contributed by atoms with Crippen LogP contribution in [-0.4, -0.2) is 35.7 Å². The summed E-state index contributed by atoms with van der Waals surface area (Å²) >= 11 is 0. The lowest BCUT2D eigenvalue weighted by Crippen LogP contribution is -2.37. The maximum Gasteiger partial charge on any atom is 0.122 e. The third-order valence-corrected chi connectivity index (χ3v) is 5.17. The summed E-state index contributed by atoms with van der Waals surface area (Å²) in [5.41, 5.74) is 3.42. The summed E-state index contributed by atoms with van der Waals surface area (Å²) < 4.78 is 6.15. The summed E-state index contributed by atoms with van der Waals surface area (Å²) in [4.78, 5) is 2.26. The molecular weight excluding hydrogens is 394 g/mol. The van der Waals surface area contributed by atoms with Gasteiger partial charge in [0.05, 0.1) is 6.10 Å². The number of aliphatic hydroxyl groups excluding tert-OH is 1. The number of ether oxygens (including phenoxy) is 1. The number of hydrogen-bond acceptors (Lipinski definition) is 3. The van der Waals surface area contributed by atoms with Gasteiger partial charge in [0, 0.05) is 25.6 Å². The predicted molar refractivity (Wildman–Crippen MR) is 127 cm³/mol. The standard InChI is InChI=1S/C26H31NO2.ClH/c1-21(2)27(20-25(28)23-13-7-4-8-14-23)17-18-29-26-16-10-9-15-24(26)19-22-11-5-3-6-12-22;/h3-16,21,25,28H,17-20H2,1-2H3;1H. The number of benzene rings is 3. The smallest absolute Gasteiger partial charge is 0.122 e. The lowest BCUT2D eigenvalue weighted by atomic mass is 10.0. The van der Waals surface area contributed by atoms with Gasteiger partial charge in [0.25, 0.3) is 0 Å². The molecule has 30 heavy (non-hydrogen) atoms. The van der Waals surface area contributed by atoms with E-state index in [2.05, 4.69) is 55.1 Å². The Balaban J connectivity index is 0.00000320. The van der Waals surface area contributed by atoms with Gasteiger partial charge in [-0.05, 0) is 36.6 Å². The number of nitrogens with zero attached hydrogens (tertiary/aromatic N) is 1. The molecule has 1 N–H and O–H groups in total. The molecule has 0 aliphatic heterocycles. The van der Waals surface area contributed by atoms with Crippen molar-refractivity contribution < 1.29 is 9.84 Å². The Hall–Kier alpha value is -2.33. The van der Waals surface area contributed by atoms with Crippen molar-refractivity contribution >= 4 is 12.4 Å². The molecule has 0 radical (unpaired) electrons. The highest BCUT2D eigenvalue weighted by molar-refractivity contribution is 5.85. The molecule has 3 aromatic rings. The zero-order valence-corrected chi connectivity index (χ0v) is 18.6. The molecule has 0 heterocycles. The summed E-state index contributed by atoms with van der Waals surface area (Å²) in [5.74, 6) is 0.934. The van der Waals surface area contributed by atoms with Gasteiger partial charge in [-0.15, -0.1) is 12.4 Å². The van der Waals surface area contributed by atoms with E-state index in [-0.39, 0.29) is 12.4 Å². The molecule has 0 aliphatic carbocycles. The van der Waals surface area contributed by atoms with Gasteiger partial charge in [0.1, 0.15) is 12.4 Å². The SMILES string of the molecule is CC(C)N(CCOc1ccccc1Cc1ccccc1)CC(O)c1ccccc1.Cl. The minimum Gasteiger partial charge on any atom is -0.492 e. The monoisotopic (exact) mass is 425 g/mol. The molecule has 0 saturated carbocycles. The maximum absolute atomic E-state index is 10.6. The van der Waals surface area contributed by atoms with E-state index in [1.807, 2.05) is 48.5 Å². The maximum atomic E-state index is 10.6. The molecule has 0 bridgehead atoms. The lowest BCUT2D eigenvalue weighted by molar-refractivity contribution is 0.0848. The molecule has 0 amide bonds. The zero-order chi connectivity index (χ0) is 20.5. The Bertz CT molecular complexity index is 855. The zero-order valence-electron chi connectivity index (χ0n) is 17.8. The molecule has 4 heteroatoms. The average molecular weight is 426 g/mol. The van der Waals surface area contributed by atoms with E-state index in [0.717, 1.165) is 24.3 Å². The van der Waals surface area contributed by atoms with Gasteiger partial charge in [-0.3, -0.25) is 4.90 Å². The second-order valence-electron chi connectivity index (χ2n) is 7.63. The summed E-state index contributed by atoms with van der Waals surface area (Å²) in [6, 6.07) is 28.9. The van der Waals surface area contributed by atoms with Crippen LogP contribution in [0.15, 0.2) is 84.9 Å². The molecule has 0 aliphatic rings. The quantitative estimate of drug-likeness (QED) is 0.464. The first kappa shape index (κ1) is 23.9. The lowest BCUT2D eigenvalue weighted by Gasteiger charge is -2.29. The molecule has 0 fully saturated rings. The van der Waals surface area contributed by atoms with Crippen LogP contribution in [0.2, 0.25) is 0 Å². The molecule has 1 unspecified atom stereocenters. The normalized spacial score (nSPS) is 11.9.